The normalized spacial score (nSPS) is 12.3. The Morgan fingerprint density at radius 3 is 2.04 bits per heavy atom. The molecule has 0 atom stereocenters. The molecule has 10 heteroatoms. The third kappa shape index (κ3) is 3.95. The van der Waals surface area contributed by atoms with Crippen LogP contribution in [-0.4, -0.2) is 10.5 Å². The molecule has 0 spiro atoms. The Kier molecular flexibility index (Phi) is 4.59. The Hall–Kier alpha value is -1.79. The molecule has 0 fully saturated rings. The van der Waals surface area contributed by atoms with E-state index in [0.29, 0.717) is 5.02 Å². The van der Waals surface area contributed by atoms with Crippen LogP contribution in [-0.2, 0) is 6.18 Å². The molecule has 0 amide bonds. The van der Waals surface area contributed by atoms with Gasteiger partial charge in [0, 0.05) is 5.02 Å². The summed E-state index contributed by atoms with van der Waals surface area (Å²) in [7, 11) is 0. The highest BCUT2D eigenvalue weighted by Crippen LogP contribution is 2.47. The average Bonchev–Trinajstić information content (AvgIpc) is 2.75. The lowest BCUT2D eigenvalue weighted by molar-refractivity contribution is -0.143. The van der Waals surface area contributed by atoms with Crippen molar-refractivity contribution in [1.29, 1.82) is 5.26 Å². The van der Waals surface area contributed by atoms with Gasteiger partial charge >= 0.3 is 11.7 Å². The van der Waals surface area contributed by atoms with Crippen molar-refractivity contribution in [3.63, 3.8) is 0 Å². The molecule has 23 heavy (non-hydrogen) atoms. The molecule has 0 unspecified atom stereocenters. The van der Waals surface area contributed by atoms with Crippen molar-refractivity contribution >= 4 is 23.4 Å². The Morgan fingerprint density at radius 1 is 1.04 bits per heavy atom. The number of aromatic nitrogens is 1. The van der Waals surface area contributed by atoms with E-state index >= 15 is 0 Å². The van der Waals surface area contributed by atoms with E-state index in [4.69, 9.17) is 16.9 Å². The molecule has 0 saturated heterocycles. The molecule has 0 aliphatic rings. The second-order valence-electron chi connectivity index (χ2n) is 4.24. The zero-order valence-corrected chi connectivity index (χ0v) is 12.4. The summed E-state index contributed by atoms with van der Waals surface area (Å²) in [4.78, 5) is 0.691. The molecule has 0 aliphatic heterocycles. The van der Waals surface area contributed by atoms with Crippen molar-refractivity contribution in [1.82, 2.24) is 4.98 Å². The van der Waals surface area contributed by atoms with Gasteiger partial charge in [0.1, 0.15) is 11.8 Å². The van der Waals surface area contributed by atoms with Crippen LogP contribution in [0.2, 0.25) is 5.02 Å². The molecular weight excluding hydrogens is 366 g/mol. The number of alkyl halides is 6. The second kappa shape index (κ2) is 6.02. The number of benzene rings is 1. The van der Waals surface area contributed by atoms with Gasteiger partial charge in [-0.3, -0.25) is 0 Å². The largest absolute Gasteiger partial charge is 0.446 e. The van der Waals surface area contributed by atoms with Crippen LogP contribution in [0.3, 0.4) is 0 Å². The highest BCUT2D eigenvalue weighted by Gasteiger charge is 2.42. The molecule has 0 bridgehead atoms. The Morgan fingerprint density at radius 2 is 1.61 bits per heavy atom. The average molecular weight is 371 g/mol. The molecule has 2 aromatic rings. The van der Waals surface area contributed by atoms with Crippen LogP contribution in [0.25, 0.3) is 11.3 Å². The predicted octanol–water partition coefficient (Wildman–Crippen LogP) is 5.84. The van der Waals surface area contributed by atoms with Crippen molar-refractivity contribution in [2.75, 3.05) is 0 Å². The van der Waals surface area contributed by atoms with E-state index in [-0.39, 0.29) is 11.3 Å². The van der Waals surface area contributed by atoms with Crippen molar-refractivity contribution < 1.29 is 26.3 Å². The fourth-order valence-electron chi connectivity index (χ4n) is 1.84. The van der Waals surface area contributed by atoms with Crippen LogP contribution >= 0.6 is 23.4 Å². The molecule has 1 N–H and O–H groups in total. The SMILES string of the molecule is N#Cc1c(-c2ccc(Cl)cc2)[nH]c(C(F)(F)F)c1SC(F)(F)F. The molecule has 0 saturated carbocycles. The lowest BCUT2D eigenvalue weighted by atomic mass is 10.1. The van der Waals surface area contributed by atoms with Gasteiger partial charge < -0.3 is 4.98 Å². The maximum atomic E-state index is 13.0. The molecule has 0 radical (unpaired) electrons. The van der Waals surface area contributed by atoms with E-state index in [1.165, 1.54) is 30.3 Å². The van der Waals surface area contributed by atoms with E-state index in [1.54, 1.807) is 0 Å². The number of hydrogen-bond acceptors (Lipinski definition) is 2. The molecule has 1 aromatic heterocycles. The molecule has 122 valence electrons. The minimum absolute atomic E-state index is 0.116. The van der Waals surface area contributed by atoms with Crippen LogP contribution in [0.4, 0.5) is 26.3 Å². The number of halogens is 7. The van der Waals surface area contributed by atoms with Crippen molar-refractivity contribution in [3.8, 4) is 17.3 Å². The van der Waals surface area contributed by atoms with Gasteiger partial charge in [-0.25, -0.2) is 0 Å². The second-order valence-corrected chi connectivity index (χ2v) is 5.76. The summed E-state index contributed by atoms with van der Waals surface area (Å²) < 4.78 is 76.6. The minimum Gasteiger partial charge on any atom is -0.349 e. The molecule has 1 aromatic carbocycles. The van der Waals surface area contributed by atoms with Gasteiger partial charge in [-0.15, -0.1) is 0 Å². The van der Waals surface area contributed by atoms with Gasteiger partial charge in [0.05, 0.1) is 16.2 Å². The summed E-state index contributed by atoms with van der Waals surface area (Å²) >= 11 is 4.69. The lowest BCUT2D eigenvalue weighted by Gasteiger charge is -2.09. The first-order valence-electron chi connectivity index (χ1n) is 5.78. The Bertz CT molecular complexity index is 755. The van der Waals surface area contributed by atoms with E-state index in [0.717, 1.165) is 0 Å². The maximum Gasteiger partial charge on any atom is 0.446 e. The Balaban J connectivity index is 2.70. The van der Waals surface area contributed by atoms with Gasteiger partial charge in [0.15, 0.2) is 0 Å². The maximum absolute atomic E-state index is 13.0. The first-order valence-corrected chi connectivity index (χ1v) is 6.97. The number of nitriles is 1. The van der Waals surface area contributed by atoms with Crippen LogP contribution in [0, 0.1) is 11.3 Å². The van der Waals surface area contributed by atoms with Gasteiger partial charge in [0.2, 0.25) is 0 Å². The van der Waals surface area contributed by atoms with Crippen LogP contribution in [0.15, 0.2) is 29.2 Å². The van der Waals surface area contributed by atoms with E-state index in [1.807, 2.05) is 4.98 Å². The lowest BCUT2D eigenvalue weighted by Crippen LogP contribution is -2.09. The topological polar surface area (TPSA) is 39.6 Å². The fraction of sp³-hybridized carbons (Fsp3) is 0.154. The highest BCUT2D eigenvalue weighted by molar-refractivity contribution is 8.00. The zero-order chi connectivity index (χ0) is 17.4. The molecule has 2 rings (SSSR count). The summed E-state index contributed by atoms with van der Waals surface area (Å²) in [6, 6.07) is 6.71. The molecule has 1 heterocycles. The minimum atomic E-state index is -5.07. The van der Waals surface area contributed by atoms with Crippen LogP contribution in [0.1, 0.15) is 11.3 Å². The van der Waals surface area contributed by atoms with Gasteiger partial charge in [-0.05, 0) is 29.5 Å². The van der Waals surface area contributed by atoms with Crippen molar-refractivity contribution in [2.24, 2.45) is 0 Å². The van der Waals surface area contributed by atoms with Crippen molar-refractivity contribution in [2.45, 2.75) is 16.6 Å². The predicted molar refractivity (Wildman–Crippen MR) is 72.9 cm³/mol. The number of aromatic amines is 1. The monoisotopic (exact) mass is 370 g/mol. The molecule has 2 nitrogen and oxygen atoms in total. The van der Waals surface area contributed by atoms with E-state index in [9.17, 15) is 26.3 Å². The first-order chi connectivity index (χ1) is 10.5. The standard InChI is InChI=1S/C13H5ClF6N2S/c14-7-3-1-6(2-4-7)9-8(5-21)10(23-13(18,19)20)11(22-9)12(15,16)17/h1-4,22H. The molecule has 0 aliphatic carbocycles. The van der Waals surface area contributed by atoms with Gasteiger partial charge in [-0.1, -0.05) is 23.7 Å². The number of nitrogens with one attached hydrogen (secondary N) is 1. The smallest absolute Gasteiger partial charge is 0.349 e. The summed E-state index contributed by atoms with van der Waals surface area (Å²) in [6.45, 7) is 0. The van der Waals surface area contributed by atoms with Gasteiger partial charge in [0.25, 0.3) is 0 Å². The van der Waals surface area contributed by atoms with E-state index in [2.05, 4.69) is 0 Å². The summed E-state index contributed by atoms with van der Waals surface area (Å²) in [6.07, 6.45) is -5.07. The van der Waals surface area contributed by atoms with E-state index < -0.39 is 39.6 Å². The van der Waals surface area contributed by atoms with Crippen LogP contribution in [0.5, 0.6) is 0 Å². The van der Waals surface area contributed by atoms with Crippen LogP contribution < -0.4 is 0 Å². The van der Waals surface area contributed by atoms with Crippen molar-refractivity contribution in [3.05, 3.63) is 40.5 Å². The number of hydrogen-bond donors (Lipinski definition) is 1. The first kappa shape index (κ1) is 17.6. The summed E-state index contributed by atoms with van der Waals surface area (Å²) in [5.41, 5.74) is -7.53. The third-order valence-electron chi connectivity index (χ3n) is 2.70. The highest BCUT2D eigenvalue weighted by atomic mass is 35.5. The fourth-order valence-corrected chi connectivity index (χ4v) is 2.72. The zero-order valence-electron chi connectivity index (χ0n) is 10.8. The molecular formula is C13H5ClF6N2S. The number of nitrogens with zero attached hydrogens (tertiary/aromatic N) is 1. The third-order valence-corrected chi connectivity index (χ3v) is 3.80. The summed E-state index contributed by atoms with van der Waals surface area (Å²) in [5.74, 6) is 0. The number of H-pyrrole nitrogens is 1. The Labute approximate surface area is 135 Å². The number of rotatable bonds is 2. The quantitative estimate of drug-likeness (QED) is 0.533. The number of thioether (sulfide) groups is 1. The summed E-state index contributed by atoms with van der Waals surface area (Å²) in [5, 5.41) is 9.34. The van der Waals surface area contributed by atoms with Gasteiger partial charge in [-0.2, -0.15) is 31.6 Å².